The molecule has 1 aromatic carbocycles. The van der Waals surface area contributed by atoms with Crippen LogP contribution in [0.5, 0.6) is 5.75 Å². The Morgan fingerprint density at radius 3 is 1.90 bits per heavy atom. The van der Waals surface area contributed by atoms with E-state index in [0.29, 0.717) is 0 Å². The molecule has 0 heterocycles. The van der Waals surface area contributed by atoms with Gasteiger partial charge in [-0.1, -0.05) is 0 Å². The van der Waals surface area contributed by atoms with Gasteiger partial charge in [-0.15, -0.1) is 0 Å². The van der Waals surface area contributed by atoms with E-state index < -0.39 is 47.2 Å². The standard InChI is InChI=1S/C12H11F5O4/c1-19-4-5-20-3-2-6(18)21-12-10(16)8(14)7(13)9(15)11(12)17/h2-5H2,1H3. The summed E-state index contributed by atoms with van der Waals surface area (Å²) in [6.07, 6.45) is -0.427. The van der Waals surface area contributed by atoms with E-state index in [1.54, 1.807) is 0 Å². The molecule has 0 spiro atoms. The Bertz CT molecular complexity index is 492. The lowest BCUT2D eigenvalue weighted by Gasteiger charge is -2.09. The molecule has 4 nitrogen and oxygen atoms in total. The van der Waals surface area contributed by atoms with Crippen LogP contribution in [0.1, 0.15) is 6.42 Å². The van der Waals surface area contributed by atoms with E-state index in [9.17, 15) is 26.7 Å². The van der Waals surface area contributed by atoms with Gasteiger partial charge in [0.05, 0.1) is 26.2 Å². The summed E-state index contributed by atoms with van der Waals surface area (Å²) in [6.45, 7) is 0.288. The highest BCUT2D eigenvalue weighted by atomic mass is 19.2. The number of benzene rings is 1. The Kier molecular flexibility index (Phi) is 6.50. The van der Waals surface area contributed by atoms with Crippen molar-refractivity contribution in [2.24, 2.45) is 0 Å². The Morgan fingerprint density at radius 2 is 1.38 bits per heavy atom. The maximum atomic E-state index is 13.2. The van der Waals surface area contributed by atoms with Crippen molar-refractivity contribution in [2.75, 3.05) is 26.9 Å². The number of carbonyl (C=O) groups excluding carboxylic acids is 1. The van der Waals surface area contributed by atoms with Gasteiger partial charge in [-0.05, 0) is 0 Å². The summed E-state index contributed by atoms with van der Waals surface area (Å²) in [5.74, 6) is -13.9. The van der Waals surface area contributed by atoms with E-state index in [-0.39, 0.29) is 19.8 Å². The normalized spacial score (nSPS) is 10.8. The van der Waals surface area contributed by atoms with E-state index in [0.717, 1.165) is 0 Å². The fraction of sp³-hybridized carbons (Fsp3) is 0.417. The van der Waals surface area contributed by atoms with Crippen LogP contribution >= 0.6 is 0 Å². The predicted octanol–water partition coefficient (Wildman–Crippen LogP) is 2.34. The van der Waals surface area contributed by atoms with Crippen molar-refractivity contribution in [3.05, 3.63) is 29.1 Å². The molecular weight excluding hydrogens is 303 g/mol. The topological polar surface area (TPSA) is 44.8 Å². The SMILES string of the molecule is COCCOCCC(=O)Oc1c(F)c(F)c(F)c(F)c1F. The molecule has 0 atom stereocenters. The third kappa shape index (κ3) is 4.36. The number of halogens is 5. The Morgan fingerprint density at radius 1 is 0.857 bits per heavy atom. The number of hydrogen-bond donors (Lipinski definition) is 0. The summed E-state index contributed by atoms with van der Waals surface area (Å²) < 4.78 is 78.6. The zero-order valence-electron chi connectivity index (χ0n) is 10.9. The number of methoxy groups -OCH3 is 1. The van der Waals surface area contributed by atoms with Crippen LogP contribution in [0, 0.1) is 29.1 Å². The number of carbonyl (C=O) groups is 1. The van der Waals surface area contributed by atoms with Crippen LogP contribution in [0.2, 0.25) is 0 Å². The second-order valence-electron chi connectivity index (χ2n) is 3.73. The Balaban J connectivity index is 2.69. The van der Waals surface area contributed by atoms with Gasteiger partial charge in [-0.3, -0.25) is 4.79 Å². The highest BCUT2D eigenvalue weighted by Gasteiger charge is 2.28. The molecule has 0 aliphatic rings. The van der Waals surface area contributed by atoms with Crippen molar-refractivity contribution in [1.82, 2.24) is 0 Å². The van der Waals surface area contributed by atoms with Gasteiger partial charge in [-0.25, -0.2) is 13.2 Å². The lowest BCUT2D eigenvalue weighted by atomic mass is 10.2. The molecule has 0 unspecified atom stereocenters. The molecule has 0 saturated carbocycles. The van der Waals surface area contributed by atoms with Crippen molar-refractivity contribution < 1.29 is 41.0 Å². The zero-order chi connectivity index (χ0) is 16.0. The molecule has 1 rings (SSSR count). The average molecular weight is 314 g/mol. The van der Waals surface area contributed by atoms with Gasteiger partial charge in [0.15, 0.2) is 0 Å². The first-order valence-electron chi connectivity index (χ1n) is 5.69. The quantitative estimate of drug-likeness (QED) is 0.193. The molecule has 118 valence electrons. The van der Waals surface area contributed by atoms with Gasteiger partial charge in [0, 0.05) is 7.11 Å². The molecule has 21 heavy (non-hydrogen) atoms. The molecule has 0 amide bonds. The molecule has 0 N–H and O–H groups in total. The fourth-order valence-corrected chi connectivity index (χ4v) is 1.24. The van der Waals surface area contributed by atoms with E-state index in [1.807, 2.05) is 0 Å². The van der Waals surface area contributed by atoms with Crippen LogP contribution < -0.4 is 4.74 Å². The third-order valence-corrected chi connectivity index (χ3v) is 2.27. The van der Waals surface area contributed by atoms with Crippen LogP contribution in [-0.2, 0) is 14.3 Å². The lowest BCUT2D eigenvalue weighted by Crippen LogP contribution is -2.16. The highest BCUT2D eigenvalue weighted by Crippen LogP contribution is 2.29. The molecule has 9 heteroatoms. The molecule has 0 fully saturated rings. The maximum absolute atomic E-state index is 13.2. The third-order valence-electron chi connectivity index (χ3n) is 2.27. The zero-order valence-corrected chi connectivity index (χ0v) is 10.9. The first-order chi connectivity index (χ1) is 9.90. The molecule has 0 saturated heterocycles. The predicted molar refractivity (Wildman–Crippen MR) is 59.2 cm³/mol. The van der Waals surface area contributed by atoms with Crippen LogP contribution in [0.25, 0.3) is 0 Å². The number of rotatable bonds is 7. The highest BCUT2D eigenvalue weighted by molar-refractivity contribution is 5.72. The monoisotopic (exact) mass is 314 g/mol. The van der Waals surface area contributed by atoms with Crippen LogP contribution in [0.15, 0.2) is 0 Å². The number of esters is 1. The van der Waals surface area contributed by atoms with Crippen LogP contribution in [0.3, 0.4) is 0 Å². The number of ether oxygens (including phenoxy) is 3. The first-order valence-corrected chi connectivity index (χ1v) is 5.69. The van der Waals surface area contributed by atoms with Gasteiger partial charge in [0.1, 0.15) is 0 Å². The summed E-state index contributed by atoms with van der Waals surface area (Å²) in [5, 5.41) is 0. The summed E-state index contributed by atoms with van der Waals surface area (Å²) in [7, 11) is 1.43. The molecule has 0 aliphatic heterocycles. The minimum atomic E-state index is -2.33. The summed E-state index contributed by atoms with van der Waals surface area (Å²) >= 11 is 0. The minimum absolute atomic E-state index is 0.155. The van der Waals surface area contributed by atoms with E-state index in [2.05, 4.69) is 9.47 Å². The van der Waals surface area contributed by atoms with Gasteiger partial charge in [0.2, 0.25) is 34.8 Å². The van der Waals surface area contributed by atoms with Crippen molar-refractivity contribution in [1.29, 1.82) is 0 Å². The molecule has 0 radical (unpaired) electrons. The summed E-state index contributed by atoms with van der Waals surface area (Å²) in [6, 6.07) is 0. The Labute approximate surface area is 116 Å². The lowest BCUT2D eigenvalue weighted by molar-refractivity contribution is -0.136. The van der Waals surface area contributed by atoms with Gasteiger partial charge < -0.3 is 14.2 Å². The van der Waals surface area contributed by atoms with Gasteiger partial charge >= 0.3 is 5.97 Å². The van der Waals surface area contributed by atoms with Crippen molar-refractivity contribution in [3.63, 3.8) is 0 Å². The molecule has 0 aliphatic carbocycles. The fourth-order valence-electron chi connectivity index (χ4n) is 1.24. The van der Waals surface area contributed by atoms with Gasteiger partial charge in [0.25, 0.3) is 0 Å². The Hall–Kier alpha value is -1.74. The maximum Gasteiger partial charge on any atom is 0.313 e. The van der Waals surface area contributed by atoms with Crippen LogP contribution in [-0.4, -0.2) is 32.9 Å². The van der Waals surface area contributed by atoms with E-state index >= 15 is 0 Å². The smallest absolute Gasteiger partial charge is 0.313 e. The second-order valence-corrected chi connectivity index (χ2v) is 3.73. The first kappa shape index (κ1) is 17.3. The molecular formula is C12H11F5O4. The summed E-state index contributed by atoms with van der Waals surface area (Å²) in [5.41, 5.74) is 0. The second kappa shape index (κ2) is 7.89. The largest absolute Gasteiger partial charge is 0.420 e. The van der Waals surface area contributed by atoms with Gasteiger partial charge in [-0.2, -0.15) is 8.78 Å². The van der Waals surface area contributed by atoms with Crippen LogP contribution in [0.4, 0.5) is 22.0 Å². The molecule has 1 aromatic rings. The minimum Gasteiger partial charge on any atom is -0.420 e. The van der Waals surface area contributed by atoms with E-state index in [1.165, 1.54) is 7.11 Å². The average Bonchev–Trinajstić information content (AvgIpc) is 2.47. The molecule has 0 bridgehead atoms. The number of hydrogen-bond acceptors (Lipinski definition) is 4. The van der Waals surface area contributed by atoms with Crippen molar-refractivity contribution in [3.8, 4) is 5.75 Å². The van der Waals surface area contributed by atoms with Crippen molar-refractivity contribution in [2.45, 2.75) is 6.42 Å². The van der Waals surface area contributed by atoms with Crippen molar-refractivity contribution >= 4 is 5.97 Å². The van der Waals surface area contributed by atoms with E-state index in [4.69, 9.17) is 4.74 Å². The molecule has 0 aromatic heterocycles. The summed E-state index contributed by atoms with van der Waals surface area (Å²) in [4.78, 5) is 11.3.